The van der Waals surface area contributed by atoms with E-state index in [2.05, 4.69) is 4.90 Å². The van der Waals surface area contributed by atoms with Gasteiger partial charge in [0.15, 0.2) is 0 Å². The first-order chi connectivity index (χ1) is 13.6. The number of ether oxygens (including phenoxy) is 2. The molecule has 2 aromatic carbocycles. The Morgan fingerprint density at radius 2 is 1.75 bits per heavy atom. The second-order valence-electron chi connectivity index (χ2n) is 6.96. The number of benzene rings is 2. The number of carbonyl (C=O) groups is 1. The zero-order valence-electron chi connectivity index (χ0n) is 16.6. The predicted octanol–water partition coefficient (Wildman–Crippen LogP) is 2.69. The Hall–Kier alpha value is -2.73. The van der Waals surface area contributed by atoms with E-state index in [4.69, 9.17) is 9.47 Å². The van der Waals surface area contributed by atoms with E-state index in [0.717, 1.165) is 42.3 Å². The van der Waals surface area contributed by atoms with Crippen molar-refractivity contribution in [3.8, 4) is 17.2 Å². The molecule has 2 aromatic rings. The van der Waals surface area contributed by atoms with Gasteiger partial charge in [-0.2, -0.15) is 0 Å². The summed E-state index contributed by atoms with van der Waals surface area (Å²) in [5.41, 5.74) is 1.90. The monoisotopic (exact) mass is 384 g/mol. The fraction of sp³-hybridized carbons (Fsp3) is 0.409. The second-order valence-corrected chi connectivity index (χ2v) is 6.96. The Bertz CT molecular complexity index is 801. The summed E-state index contributed by atoms with van der Waals surface area (Å²) >= 11 is 0. The minimum Gasteiger partial charge on any atom is -0.508 e. The van der Waals surface area contributed by atoms with Gasteiger partial charge in [-0.05, 0) is 36.2 Å². The second kappa shape index (κ2) is 9.46. The first-order valence-corrected chi connectivity index (χ1v) is 9.58. The van der Waals surface area contributed by atoms with Crippen LogP contribution in [0.3, 0.4) is 0 Å². The van der Waals surface area contributed by atoms with Crippen LogP contribution in [0.4, 0.5) is 0 Å². The Morgan fingerprint density at radius 1 is 1.00 bits per heavy atom. The molecule has 3 rings (SSSR count). The molecule has 150 valence electrons. The third kappa shape index (κ3) is 4.95. The molecule has 1 N–H and O–H groups in total. The molecule has 1 fully saturated rings. The van der Waals surface area contributed by atoms with Gasteiger partial charge in [-0.1, -0.05) is 18.2 Å². The van der Waals surface area contributed by atoms with Gasteiger partial charge in [-0.15, -0.1) is 0 Å². The Morgan fingerprint density at radius 3 is 2.43 bits per heavy atom. The van der Waals surface area contributed by atoms with Crippen LogP contribution in [0.1, 0.15) is 17.5 Å². The largest absolute Gasteiger partial charge is 0.508 e. The summed E-state index contributed by atoms with van der Waals surface area (Å²) in [5.74, 6) is 2.06. The predicted molar refractivity (Wildman–Crippen MR) is 108 cm³/mol. The first kappa shape index (κ1) is 20.0. The molecule has 1 heterocycles. The molecule has 1 amide bonds. The van der Waals surface area contributed by atoms with Gasteiger partial charge in [-0.25, -0.2) is 0 Å². The molecule has 0 bridgehead atoms. The van der Waals surface area contributed by atoms with E-state index in [1.807, 2.05) is 35.2 Å². The maximum absolute atomic E-state index is 12.5. The SMILES string of the molecule is COc1ccc(OC)c(CN2CCN(C(=O)CCc3ccccc3O)CC2)c1. The van der Waals surface area contributed by atoms with E-state index < -0.39 is 0 Å². The van der Waals surface area contributed by atoms with Gasteiger partial charge in [0.25, 0.3) is 0 Å². The smallest absolute Gasteiger partial charge is 0.222 e. The number of methoxy groups -OCH3 is 2. The van der Waals surface area contributed by atoms with Crippen molar-refractivity contribution in [1.29, 1.82) is 0 Å². The van der Waals surface area contributed by atoms with Gasteiger partial charge >= 0.3 is 0 Å². The zero-order valence-corrected chi connectivity index (χ0v) is 16.6. The minimum atomic E-state index is 0.141. The molecule has 0 aliphatic carbocycles. The molecule has 0 aromatic heterocycles. The Kier molecular flexibility index (Phi) is 6.76. The van der Waals surface area contributed by atoms with Crippen LogP contribution in [0, 0.1) is 0 Å². The molecule has 1 aliphatic rings. The van der Waals surface area contributed by atoms with E-state index >= 15 is 0 Å². The topological polar surface area (TPSA) is 62.2 Å². The van der Waals surface area contributed by atoms with E-state index in [1.165, 1.54) is 0 Å². The van der Waals surface area contributed by atoms with Crippen LogP contribution < -0.4 is 9.47 Å². The molecule has 6 nitrogen and oxygen atoms in total. The lowest BCUT2D eigenvalue weighted by atomic mass is 10.1. The summed E-state index contributed by atoms with van der Waals surface area (Å²) < 4.78 is 10.8. The van der Waals surface area contributed by atoms with Gasteiger partial charge < -0.3 is 19.5 Å². The van der Waals surface area contributed by atoms with Crippen molar-refractivity contribution in [2.24, 2.45) is 0 Å². The third-order valence-electron chi connectivity index (χ3n) is 5.21. The lowest BCUT2D eigenvalue weighted by molar-refractivity contribution is -0.133. The fourth-order valence-electron chi connectivity index (χ4n) is 3.52. The first-order valence-electron chi connectivity index (χ1n) is 9.58. The fourth-order valence-corrected chi connectivity index (χ4v) is 3.52. The standard InChI is InChI=1S/C22H28N2O4/c1-27-19-8-9-21(28-2)18(15-19)16-23-11-13-24(14-12-23)22(26)10-7-17-5-3-4-6-20(17)25/h3-6,8-9,15,25H,7,10-14,16H2,1-2H3. The molecule has 6 heteroatoms. The maximum Gasteiger partial charge on any atom is 0.222 e. The Balaban J connectivity index is 1.50. The van der Waals surface area contributed by atoms with Crippen molar-refractivity contribution >= 4 is 5.91 Å². The van der Waals surface area contributed by atoms with Crippen molar-refractivity contribution in [3.05, 3.63) is 53.6 Å². The number of hydrogen-bond acceptors (Lipinski definition) is 5. The Labute approximate surface area is 166 Å². The summed E-state index contributed by atoms with van der Waals surface area (Å²) in [6.45, 7) is 3.84. The number of para-hydroxylation sites is 1. The van der Waals surface area contributed by atoms with Crippen LogP contribution in [0.2, 0.25) is 0 Å². The lowest BCUT2D eigenvalue weighted by Gasteiger charge is -2.35. The van der Waals surface area contributed by atoms with Crippen molar-refractivity contribution in [1.82, 2.24) is 9.80 Å². The summed E-state index contributed by atoms with van der Waals surface area (Å²) in [4.78, 5) is 16.8. The molecule has 0 unspecified atom stereocenters. The average molecular weight is 384 g/mol. The van der Waals surface area contributed by atoms with Gasteiger partial charge in [-0.3, -0.25) is 9.69 Å². The number of carbonyl (C=O) groups excluding carboxylic acids is 1. The summed E-state index contributed by atoms with van der Waals surface area (Å²) in [7, 11) is 3.33. The lowest BCUT2D eigenvalue weighted by Crippen LogP contribution is -2.48. The number of nitrogens with zero attached hydrogens (tertiary/aromatic N) is 2. The van der Waals surface area contributed by atoms with Crippen LogP contribution in [0.15, 0.2) is 42.5 Å². The maximum atomic E-state index is 12.5. The number of aromatic hydroxyl groups is 1. The highest BCUT2D eigenvalue weighted by atomic mass is 16.5. The number of piperazine rings is 1. The van der Waals surface area contributed by atoms with Gasteiger partial charge in [0, 0.05) is 44.7 Å². The average Bonchev–Trinajstić information content (AvgIpc) is 2.73. The normalized spacial score (nSPS) is 14.7. The van der Waals surface area contributed by atoms with Gasteiger partial charge in [0.2, 0.25) is 5.91 Å². The zero-order chi connectivity index (χ0) is 19.9. The van der Waals surface area contributed by atoms with Crippen LogP contribution in [-0.4, -0.2) is 61.2 Å². The number of phenols is 1. The van der Waals surface area contributed by atoms with Crippen molar-refractivity contribution in [2.75, 3.05) is 40.4 Å². The molecule has 0 saturated carbocycles. The minimum absolute atomic E-state index is 0.141. The molecule has 0 atom stereocenters. The quantitative estimate of drug-likeness (QED) is 0.795. The molecule has 0 spiro atoms. The van der Waals surface area contributed by atoms with Crippen LogP contribution in [0.25, 0.3) is 0 Å². The van der Waals surface area contributed by atoms with E-state index in [0.29, 0.717) is 25.9 Å². The summed E-state index contributed by atoms with van der Waals surface area (Å²) in [5, 5.41) is 9.84. The van der Waals surface area contributed by atoms with Gasteiger partial charge in [0.05, 0.1) is 14.2 Å². The summed E-state index contributed by atoms with van der Waals surface area (Å²) in [6, 6.07) is 13.0. The highest BCUT2D eigenvalue weighted by Crippen LogP contribution is 2.26. The molecule has 1 aliphatic heterocycles. The molecular formula is C22H28N2O4. The highest BCUT2D eigenvalue weighted by molar-refractivity contribution is 5.76. The third-order valence-corrected chi connectivity index (χ3v) is 5.21. The van der Waals surface area contributed by atoms with Gasteiger partial charge in [0.1, 0.15) is 17.2 Å². The number of phenolic OH excluding ortho intramolecular Hbond substituents is 1. The van der Waals surface area contributed by atoms with Crippen molar-refractivity contribution in [2.45, 2.75) is 19.4 Å². The van der Waals surface area contributed by atoms with E-state index in [-0.39, 0.29) is 11.7 Å². The highest BCUT2D eigenvalue weighted by Gasteiger charge is 2.22. The van der Waals surface area contributed by atoms with Crippen LogP contribution in [0.5, 0.6) is 17.2 Å². The number of hydrogen-bond donors (Lipinski definition) is 1. The number of amides is 1. The van der Waals surface area contributed by atoms with Crippen LogP contribution >= 0.6 is 0 Å². The van der Waals surface area contributed by atoms with Crippen LogP contribution in [-0.2, 0) is 17.8 Å². The molecule has 28 heavy (non-hydrogen) atoms. The van der Waals surface area contributed by atoms with Crippen molar-refractivity contribution in [3.63, 3.8) is 0 Å². The molecule has 1 saturated heterocycles. The summed E-state index contributed by atoms with van der Waals surface area (Å²) in [6.07, 6.45) is 0.980. The van der Waals surface area contributed by atoms with E-state index in [1.54, 1.807) is 26.4 Å². The molecular weight excluding hydrogens is 356 g/mol. The van der Waals surface area contributed by atoms with Crippen molar-refractivity contribution < 1.29 is 19.4 Å². The molecule has 0 radical (unpaired) electrons. The van der Waals surface area contributed by atoms with E-state index in [9.17, 15) is 9.90 Å². The number of aryl methyl sites for hydroxylation is 1. The number of rotatable bonds is 7.